The van der Waals surface area contributed by atoms with Crippen molar-refractivity contribution >= 4 is 12.1 Å². The number of ether oxygens (including phenoxy) is 4. The quantitative estimate of drug-likeness (QED) is 0.730. The van der Waals surface area contributed by atoms with Crippen LogP contribution in [0.15, 0.2) is 18.2 Å². The zero-order chi connectivity index (χ0) is 20.0. The normalized spacial score (nSPS) is 15.2. The summed E-state index contributed by atoms with van der Waals surface area (Å²) in [6, 6.07) is 5.36. The fourth-order valence-electron chi connectivity index (χ4n) is 2.89. The predicted molar refractivity (Wildman–Crippen MR) is 99.9 cm³/mol. The van der Waals surface area contributed by atoms with Gasteiger partial charge in [-0.2, -0.15) is 0 Å². The van der Waals surface area contributed by atoms with Crippen LogP contribution in [0.4, 0.5) is 4.79 Å². The van der Waals surface area contributed by atoms with Crippen LogP contribution < -0.4 is 9.47 Å². The molecule has 0 spiro atoms. The summed E-state index contributed by atoms with van der Waals surface area (Å²) in [6.45, 7) is 6.59. The van der Waals surface area contributed by atoms with Gasteiger partial charge in [-0.15, -0.1) is 0 Å². The number of hydrogen-bond donors (Lipinski definition) is 0. The molecule has 27 heavy (non-hydrogen) atoms. The van der Waals surface area contributed by atoms with E-state index in [0.29, 0.717) is 37.4 Å². The molecule has 2 rings (SSSR count). The molecule has 1 aromatic rings. The Kier molecular flexibility index (Phi) is 6.93. The van der Waals surface area contributed by atoms with E-state index in [1.54, 1.807) is 37.3 Å². The van der Waals surface area contributed by atoms with Gasteiger partial charge in [0, 0.05) is 18.7 Å². The first kappa shape index (κ1) is 20.9. The van der Waals surface area contributed by atoms with Crippen molar-refractivity contribution in [3.8, 4) is 11.5 Å². The molecule has 150 valence electrons. The van der Waals surface area contributed by atoms with Crippen molar-refractivity contribution in [3.05, 3.63) is 23.8 Å². The Morgan fingerprint density at radius 2 is 1.78 bits per heavy atom. The average molecular weight is 379 g/mol. The summed E-state index contributed by atoms with van der Waals surface area (Å²) in [5, 5.41) is 0. The van der Waals surface area contributed by atoms with E-state index in [4.69, 9.17) is 18.9 Å². The molecule has 0 aromatic heterocycles. The molecule has 0 N–H and O–H groups in total. The van der Waals surface area contributed by atoms with Crippen molar-refractivity contribution in [2.45, 2.75) is 45.8 Å². The number of esters is 1. The second kappa shape index (κ2) is 8.97. The van der Waals surface area contributed by atoms with E-state index in [-0.39, 0.29) is 24.6 Å². The van der Waals surface area contributed by atoms with Gasteiger partial charge in [0.15, 0.2) is 0 Å². The number of hydrogen-bond acceptors (Lipinski definition) is 6. The fourth-order valence-corrected chi connectivity index (χ4v) is 2.89. The Labute approximate surface area is 160 Å². The Bertz CT molecular complexity index is 659. The third-order valence-corrected chi connectivity index (χ3v) is 4.34. The Morgan fingerprint density at radius 3 is 2.33 bits per heavy atom. The molecular weight excluding hydrogens is 350 g/mol. The third kappa shape index (κ3) is 6.05. The Hall–Kier alpha value is -2.44. The molecule has 7 heteroatoms. The number of carbonyl (C=O) groups is 2. The monoisotopic (exact) mass is 379 g/mol. The Morgan fingerprint density at radius 1 is 1.11 bits per heavy atom. The van der Waals surface area contributed by atoms with Crippen LogP contribution in [0.3, 0.4) is 0 Å². The molecule has 0 bridgehead atoms. The van der Waals surface area contributed by atoms with E-state index in [2.05, 4.69) is 0 Å². The van der Waals surface area contributed by atoms with Crippen LogP contribution in [-0.2, 0) is 20.9 Å². The summed E-state index contributed by atoms with van der Waals surface area (Å²) in [4.78, 5) is 26.1. The van der Waals surface area contributed by atoms with Crippen LogP contribution in [0, 0.1) is 5.92 Å². The van der Waals surface area contributed by atoms with Gasteiger partial charge < -0.3 is 23.8 Å². The smallest absolute Gasteiger partial charge is 0.410 e. The molecule has 1 heterocycles. The van der Waals surface area contributed by atoms with Gasteiger partial charge in [0.2, 0.25) is 0 Å². The molecule has 1 fully saturated rings. The number of piperidine rings is 1. The topological polar surface area (TPSA) is 74.3 Å². The summed E-state index contributed by atoms with van der Waals surface area (Å²) in [7, 11) is 3.15. The van der Waals surface area contributed by atoms with Crippen molar-refractivity contribution in [1.82, 2.24) is 4.90 Å². The zero-order valence-electron chi connectivity index (χ0n) is 16.7. The fraction of sp³-hybridized carbons (Fsp3) is 0.600. The maximum atomic E-state index is 12.4. The predicted octanol–water partition coefficient (Wildman–Crippen LogP) is 3.39. The van der Waals surface area contributed by atoms with Crippen LogP contribution in [0.25, 0.3) is 0 Å². The average Bonchev–Trinajstić information content (AvgIpc) is 2.64. The number of methoxy groups -OCH3 is 2. The number of likely N-dealkylation sites (tertiary alicyclic amines) is 1. The van der Waals surface area contributed by atoms with Crippen LogP contribution in [0.1, 0.15) is 39.2 Å². The first-order chi connectivity index (χ1) is 12.7. The number of rotatable bonds is 5. The van der Waals surface area contributed by atoms with Gasteiger partial charge in [-0.1, -0.05) is 0 Å². The van der Waals surface area contributed by atoms with E-state index < -0.39 is 5.60 Å². The van der Waals surface area contributed by atoms with Gasteiger partial charge >= 0.3 is 12.1 Å². The SMILES string of the molecule is COc1ccc(OC)c(COC(=O)C2CCN(C(=O)OC(C)(C)C)CC2)c1. The van der Waals surface area contributed by atoms with Gasteiger partial charge in [0.1, 0.15) is 23.7 Å². The van der Waals surface area contributed by atoms with Crippen molar-refractivity contribution < 1.29 is 28.5 Å². The zero-order valence-corrected chi connectivity index (χ0v) is 16.7. The molecule has 0 aliphatic carbocycles. The molecule has 1 aliphatic heterocycles. The number of amides is 1. The van der Waals surface area contributed by atoms with Gasteiger partial charge in [-0.25, -0.2) is 4.79 Å². The van der Waals surface area contributed by atoms with Crippen LogP contribution in [0.2, 0.25) is 0 Å². The van der Waals surface area contributed by atoms with E-state index in [9.17, 15) is 9.59 Å². The number of benzene rings is 1. The second-order valence-electron chi connectivity index (χ2n) is 7.53. The molecule has 0 atom stereocenters. The van der Waals surface area contributed by atoms with E-state index in [1.807, 2.05) is 20.8 Å². The highest BCUT2D eigenvalue weighted by molar-refractivity contribution is 5.73. The highest BCUT2D eigenvalue weighted by Gasteiger charge is 2.30. The van der Waals surface area contributed by atoms with E-state index in [0.717, 1.165) is 5.56 Å². The standard InChI is InChI=1S/C20H29NO6/c1-20(2,3)27-19(23)21-10-8-14(9-11-21)18(22)26-13-15-12-16(24-4)6-7-17(15)25-5/h6-7,12,14H,8-11,13H2,1-5H3. The molecule has 1 saturated heterocycles. The maximum absolute atomic E-state index is 12.4. The highest BCUT2D eigenvalue weighted by atomic mass is 16.6. The van der Waals surface area contributed by atoms with Crippen molar-refractivity contribution in [1.29, 1.82) is 0 Å². The minimum absolute atomic E-state index is 0.117. The van der Waals surface area contributed by atoms with Gasteiger partial charge in [-0.05, 0) is 51.8 Å². The minimum atomic E-state index is -0.525. The van der Waals surface area contributed by atoms with Crippen molar-refractivity contribution in [3.63, 3.8) is 0 Å². The van der Waals surface area contributed by atoms with Crippen molar-refractivity contribution in [2.24, 2.45) is 5.92 Å². The third-order valence-electron chi connectivity index (χ3n) is 4.34. The van der Waals surface area contributed by atoms with Gasteiger partial charge in [-0.3, -0.25) is 4.79 Å². The van der Waals surface area contributed by atoms with Crippen LogP contribution >= 0.6 is 0 Å². The Balaban J connectivity index is 1.85. The molecule has 0 unspecified atom stereocenters. The lowest BCUT2D eigenvalue weighted by molar-refractivity contribution is -0.151. The first-order valence-corrected chi connectivity index (χ1v) is 9.09. The molecule has 1 aliphatic rings. The summed E-state index contributed by atoms with van der Waals surface area (Å²) in [5.41, 5.74) is 0.222. The lowest BCUT2D eigenvalue weighted by Crippen LogP contribution is -2.43. The summed E-state index contributed by atoms with van der Waals surface area (Å²) >= 11 is 0. The van der Waals surface area contributed by atoms with Gasteiger partial charge in [0.25, 0.3) is 0 Å². The van der Waals surface area contributed by atoms with Crippen LogP contribution in [0.5, 0.6) is 11.5 Å². The van der Waals surface area contributed by atoms with E-state index >= 15 is 0 Å². The highest BCUT2D eigenvalue weighted by Crippen LogP contribution is 2.26. The summed E-state index contributed by atoms with van der Waals surface area (Å²) in [5.74, 6) is 0.833. The number of nitrogens with zero attached hydrogens (tertiary/aromatic N) is 1. The van der Waals surface area contributed by atoms with E-state index in [1.165, 1.54) is 0 Å². The van der Waals surface area contributed by atoms with Crippen molar-refractivity contribution in [2.75, 3.05) is 27.3 Å². The lowest BCUT2D eigenvalue weighted by atomic mass is 9.97. The first-order valence-electron chi connectivity index (χ1n) is 9.09. The summed E-state index contributed by atoms with van der Waals surface area (Å²) < 4.78 is 21.3. The van der Waals surface area contributed by atoms with Crippen LogP contribution in [-0.4, -0.2) is 49.9 Å². The molecule has 0 saturated carbocycles. The molecule has 7 nitrogen and oxygen atoms in total. The maximum Gasteiger partial charge on any atom is 0.410 e. The second-order valence-corrected chi connectivity index (χ2v) is 7.53. The molecule has 0 radical (unpaired) electrons. The largest absolute Gasteiger partial charge is 0.497 e. The molecule has 1 aromatic carbocycles. The van der Waals surface area contributed by atoms with Gasteiger partial charge in [0.05, 0.1) is 20.1 Å². The molecule has 1 amide bonds. The lowest BCUT2D eigenvalue weighted by Gasteiger charge is -2.32. The molecular formula is C20H29NO6. The minimum Gasteiger partial charge on any atom is -0.497 e. The summed E-state index contributed by atoms with van der Waals surface area (Å²) in [6.07, 6.45) is 0.788. The number of carbonyl (C=O) groups excluding carboxylic acids is 2.